The van der Waals surface area contributed by atoms with Crippen molar-refractivity contribution in [2.24, 2.45) is 11.8 Å². The molecule has 0 spiro atoms. The third-order valence-electron chi connectivity index (χ3n) is 4.76. The van der Waals surface area contributed by atoms with E-state index < -0.39 is 0 Å². The molecule has 0 bridgehead atoms. The second-order valence-electron chi connectivity index (χ2n) is 7.02. The molecule has 0 aliphatic carbocycles. The Morgan fingerprint density at radius 3 is 2.76 bits per heavy atom. The Morgan fingerprint density at radius 1 is 1.29 bits per heavy atom. The molecule has 1 unspecified atom stereocenters. The van der Waals surface area contributed by atoms with Crippen LogP contribution in [0.5, 0.6) is 0 Å². The molecule has 0 saturated carbocycles. The van der Waals surface area contributed by atoms with Crippen LogP contribution in [0.15, 0.2) is 4.52 Å². The number of nitrogens with zero attached hydrogens (tertiary/aromatic N) is 3. The molecule has 2 aliphatic heterocycles. The van der Waals surface area contributed by atoms with Crippen LogP contribution in [-0.4, -0.2) is 40.7 Å². The van der Waals surface area contributed by atoms with Gasteiger partial charge >= 0.3 is 0 Å². The Balaban J connectivity index is 1.45. The Hall–Kier alpha value is -0.940. The standard InChI is InChI=1S/C16H28N4O/c1-12(2)10-15-18-16(21-19-15)11-20-8-5-13(6-9-20)14-4-3-7-17-14/h12-14,17H,3-11H2,1-2H3. The minimum Gasteiger partial charge on any atom is -0.338 e. The first-order valence-electron chi connectivity index (χ1n) is 8.48. The summed E-state index contributed by atoms with van der Waals surface area (Å²) in [6, 6.07) is 0.771. The summed E-state index contributed by atoms with van der Waals surface area (Å²) in [6.07, 6.45) is 6.21. The number of hydrogen-bond acceptors (Lipinski definition) is 5. The first-order valence-corrected chi connectivity index (χ1v) is 8.48. The van der Waals surface area contributed by atoms with E-state index in [0.29, 0.717) is 5.92 Å². The van der Waals surface area contributed by atoms with E-state index in [-0.39, 0.29) is 0 Å². The van der Waals surface area contributed by atoms with Gasteiger partial charge in [-0.05, 0) is 57.2 Å². The minimum absolute atomic E-state index is 0.574. The van der Waals surface area contributed by atoms with E-state index in [9.17, 15) is 0 Å². The maximum Gasteiger partial charge on any atom is 0.240 e. The van der Waals surface area contributed by atoms with Gasteiger partial charge in [0.15, 0.2) is 5.82 Å². The first kappa shape index (κ1) is 15.0. The smallest absolute Gasteiger partial charge is 0.240 e. The monoisotopic (exact) mass is 292 g/mol. The molecule has 0 amide bonds. The summed E-state index contributed by atoms with van der Waals surface area (Å²) in [6.45, 7) is 8.70. The summed E-state index contributed by atoms with van der Waals surface area (Å²) in [5.41, 5.74) is 0. The van der Waals surface area contributed by atoms with Gasteiger partial charge in [0, 0.05) is 12.5 Å². The van der Waals surface area contributed by atoms with Crippen LogP contribution >= 0.6 is 0 Å². The summed E-state index contributed by atoms with van der Waals surface area (Å²) in [5, 5.41) is 7.73. The SMILES string of the molecule is CC(C)Cc1noc(CN2CCC(C3CCCN3)CC2)n1. The predicted octanol–water partition coefficient (Wildman–Crippen LogP) is 2.23. The average Bonchev–Trinajstić information content (AvgIpc) is 3.11. The van der Waals surface area contributed by atoms with Crippen molar-refractivity contribution >= 4 is 0 Å². The van der Waals surface area contributed by atoms with E-state index in [1.165, 1.54) is 32.2 Å². The largest absolute Gasteiger partial charge is 0.338 e. The zero-order chi connectivity index (χ0) is 14.7. The van der Waals surface area contributed by atoms with Crippen molar-refractivity contribution in [3.8, 4) is 0 Å². The molecular weight excluding hydrogens is 264 g/mol. The first-order chi connectivity index (χ1) is 10.2. The fraction of sp³-hybridized carbons (Fsp3) is 0.875. The van der Waals surface area contributed by atoms with E-state index in [1.807, 2.05) is 0 Å². The van der Waals surface area contributed by atoms with Gasteiger partial charge in [0.05, 0.1) is 6.54 Å². The molecule has 0 aromatic carbocycles. The van der Waals surface area contributed by atoms with Crippen molar-refractivity contribution in [1.29, 1.82) is 0 Å². The Labute approximate surface area is 127 Å². The molecule has 3 heterocycles. The van der Waals surface area contributed by atoms with Crippen molar-refractivity contribution in [2.75, 3.05) is 19.6 Å². The number of nitrogens with one attached hydrogen (secondary N) is 1. The molecule has 1 atom stereocenters. The number of likely N-dealkylation sites (tertiary alicyclic amines) is 1. The zero-order valence-corrected chi connectivity index (χ0v) is 13.3. The highest BCUT2D eigenvalue weighted by atomic mass is 16.5. The van der Waals surface area contributed by atoms with E-state index in [4.69, 9.17) is 4.52 Å². The van der Waals surface area contributed by atoms with Crippen molar-refractivity contribution in [1.82, 2.24) is 20.4 Å². The van der Waals surface area contributed by atoms with E-state index in [1.54, 1.807) is 0 Å². The van der Waals surface area contributed by atoms with Crippen LogP contribution in [0.3, 0.4) is 0 Å². The van der Waals surface area contributed by atoms with Crippen molar-refractivity contribution in [2.45, 2.75) is 58.5 Å². The molecule has 2 aliphatic rings. The molecule has 5 heteroatoms. The summed E-state index contributed by atoms with van der Waals surface area (Å²) >= 11 is 0. The molecule has 21 heavy (non-hydrogen) atoms. The number of aromatic nitrogens is 2. The second kappa shape index (κ2) is 6.88. The van der Waals surface area contributed by atoms with Crippen molar-refractivity contribution in [3.05, 3.63) is 11.7 Å². The lowest BCUT2D eigenvalue weighted by Crippen LogP contribution is -2.40. The lowest BCUT2D eigenvalue weighted by atomic mass is 9.88. The molecule has 1 N–H and O–H groups in total. The summed E-state index contributed by atoms with van der Waals surface area (Å²) in [4.78, 5) is 6.97. The Bertz CT molecular complexity index is 431. The van der Waals surface area contributed by atoms with Crippen molar-refractivity contribution < 1.29 is 4.52 Å². The topological polar surface area (TPSA) is 54.2 Å². The quantitative estimate of drug-likeness (QED) is 0.902. The molecule has 5 nitrogen and oxygen atoms in total. The fourth-order valence-electron chi connectivity index (χ4n) is 3.62. The van der Waals surface area contributed by atoms with Crippen LogP contribution in [0.25, 0.3) is 0 Å². The lowest BCUT2D eigenvalue weighted by Gasteiger charge is -2.34. The minimum atomic E-state index is 0.574. The third-order valence-corrected chi connectivity index (χ3v) is 4.76. The van der Waals surface area contributed by atoms with Crippen LogP contribution in [0.1, 0.15) is 51.2 Å². The van der Waals surface area contributed by atoms with Crippen LogP contribution in [0.4, 0.5) is 0 Å². The summed E-state index contributed by atoms with van der Waals surface area (Å²) in [5.74, 6) is 3.07. The lowest BCUT2D eigenvalue weighted by molar-refractivity contribution is 0.143. The van der Waals surface area contributed by atoms with Crippen LogP contribution in [0, 0.1) is 11.8 Å². The summed E-state index contributed by atoms with van der Waals surface area (Å²) in [7, 11) is 0. The predicted molar refractivity (Wildman–Crippen MR) is 81.9 cm³/mol. The van der Waals surface area contributed by atoms with Gasteiger partial charge in [-0.15, -0.1) is 0 Å². The molecule has 2 fully saturated rings. The molecule has 1 aromatic rings. The highest BCUT2D eigenvalue weighted by Crippen LogP contribution is 2.26. The van der Waals surface area contributed by atoms with Crippen LogP contribution < -0.4 is 5.32 Å². The maximum atomic E-state index is 5.38. The van der Waals surface area contributed by atoms with Gasteiger partial charge in [0.25, 0.3) is 0 Å². The van der Waals surface area contributed by atoms with E-state index in [0.717, 1.165) is 49.7 Å². The maximum absolute atomic E-state index is 5.38. The molecule has 2 saturated heterocycles. The van der Waals surface area contributed by atoms with E-state index in [2.05, 4.69) is 34.2 Å². The molecule has 3 rings (SSSR count). The third kappa shape index (κ3) is 4.04. The van der Waals surface area contributed by atoms with Gasteiger partial charge < -0.3 is 9.84 Å². The van der Waals surface area contributed by atoms with Gasteiger partial charge in [0.2, 0.25) is 5.89 Å². The van der Waals surface area contributed by atoms with Crippen LogP contribution in [-0.2, 0) is 13.0 Å². The van der Waals surface area contributed by atoms with Gasteiger partial charge in [-0.1, -0.05) is 19.0 Å². The highest BCUT2D eigenvalue weighted by molar-refractivity contribution is 4.90. The molecule has 0 radical (unpaired) electrons. The number of piperidine rings is 1. The zero-order valence-electron chi connectivity index (χ0n) is 13.3. The average molecular weight is 292 g/mol. The van der Waals surface area contributed by atoms with Gasteiger partial charge in [-0.2, -0.15) is 4.98 Å². The second-order valence-corrected chi connectivity index (χ2v) is 7.02. The number of rotatable bonds is 5. The van der Waals surface area contributed by atoms with Crippen LogP contribution in [0.2, 0.25) is 0 Å². The molecular formula is C16H28N4O. The van der Waals surface area contributed by atoms with Crippen molar-refractivity contribution in [3.63, 3.8) is 0 Å². The van der Waals surface area contributed by atoms with Gasteiger partial charge in [0.1, 0.15) is 0 Å². The number of hydrogen-bond donors (Lipinski definition) is 1. The Kier molecular flexibility index (Phi) is 4.91. The highest BCUT2D eigenvalue weighted by Gasteiger charge is 2.28. The molecule has 118 valence electrons. The Morgan fingerprint density at radius 2 is 2.10 bits per heavy atom. The summed E-state index contributed by atoms with van der Waals surface area (Å²) < 4.78 is 5.38. The van der Waals surface area contributed by atoms with E-state index >= 15 is 0 Å². The normalized spacial score (nSPS) is 25.0. The van der Waals surface area contributed by atoms with Gasteiger partial charge in [-0.3, -0.25) is 4.90 Å². The molecule has 1 aromatic heterocycles. The van der Waals surface area contributed by atoms with Gasteiger partial charge in [-0.25, -0.2) is 0 Å². The fourth-order valence-corrected chi connectivity index (χ4v) is 3.62.